The van der Waals surface area contributed by atoms with Gasteiger partial charge >= 0.3 is 5.97 Å². The number of anilines is 2. The highest BCUT2D eigenvalue weighted by molar-refractivity contribution is 6.29. The third-order valence-electron chi connectivity index (χ3n) is 2.54. The largest absolute Gasteiger partial charge is 0.478 e. The number of carboxylic acid groups (broad SMARTS) is 1. The maximum absolute atomic E-state index is 13.7. The van der Waals surface area contributed by atoms with Gasteiger partial charge in [-0.1, -0.05) is 17.7 Å². The van der Waals surface area contributed by atoms with Crippen LogP contribution >= 0.6 is 11.6 Å². The predicted molar refractivity (Wildman–Crippen MR) is 70.6 cm³/mol. The van der Waals surface area contributed by atoms with Gasteiger partial charge in [-0.25, -0.2) is 18.6 Å². The number of halogens is 3. The second kappa shape index (κ2) is 5.42. The summed E-state index contributed by atoms with van der Waals surface area (Å²) in [6.45, 7) is 1.71. The van der Waals surface area contributed by atoms with Crippen LogP contribution in [0, 0.1) is 18.6 Å². The lowest BCUT2D eigenvalue weighted by molar-refractivity contribution is 0.0697. The van der Waals surface area contributed by atoms with E-state index < -0.39 is 28.3 Å². The molecule has 0 fully saturated rings. The lowest BCUT2D eigenvalue weighted by atomic mass is 10.2. The molecule has 20 heavy (non-hydrogen) atoms. The standard InChI is InChI=1S/C13H9ClF2N2O2/c1-6-2-3-10(8(15)4-6)17-12-7(13(19)20)5-9(16)11(14)18-12/h2-5H,1H3,(H,17,18)(H,19,20). The number of nitrogens with zero attached hydrogens (tertiary/aromatic N) is 1. The van der Waals surface area contributed by atoms with E-state index in [0.29, 0.717) is 5.56 Å². The summed E-state index contributed by atoms with van der Waals surface area (Å²) < 4.78 is 26.9. The lowest BCUT2D eigenvalue weighted by Gasteiger charge is -2.10. The monoisotopic (exact) mass is 298 g/mol. The Balaban J connectivity index is 2.47. The summed E-state index contributed by atoms with van der Waals surface area (Å²) in [7, 11) is 0. The highest BCUT2D eigenvalue weighted by atomic mass is 35.5. The molecule has 1 heterocycles. The molecule has 104 valence electrons. The Morgan fingerprint density at radius 2 is 2.00 bits per heavy atom. The van der Waals surface area contributed by atoms with E-state index in [1.807, 2.05) is 0 Å². The minimum atomic E-state index is -1.40. The quantitative estimate of drug-likeness (QED) is 0.847. The molecule has 0 aliphatic carbocycles. The number of aromatic carboxylic acids is 1. The van der Waals surface area contributed by atoms with Crippen LogP contribution in [0.2, 0.25) is 5.15 Å². The first kappa shape index (κ1) is 14.2. The van der Waals surface area contributed by atoms with E-state index in [1.165, 1.54) is 12.1 Å². The zero-order valence-electron chi connectivity index (χ0n) is 10.2. The van der Waals surface area contributed by atoms with E-state index in [9.17, 15) is 13.6 Å². The normalized spacial score (nSPS) is 10.4. The summed E-state index contributed by atoms with van der Waals surface area (Å²) >= 11 is 5.51. The van der Waals surface area contributed by atoms with Crippen LogP contribution in [0.5, 0.6) is 0 Å². The molecule has 1 aromatic heterocycles. The number of nitrogens with one attached hydrogen (secondary N) is 1. The summed E-state index contributed by atoms with van der Waals surface area (Å²) in [5.41, 5.74) is 0.289. The maximum Gasteiger partial charge on any atom is 0.339 e. The van der Waals surface area contributed by atoms with Crippen LogP contribution in [0.15, 0.2) is 24.3 Å². The van der Waals surface area contributed by atoms with E-state index in [4.69, 9.17) is 16.7 Å². The van der Waals surface area contributed by atoms with Gasteiger partial charge in [-0.2, -0.15) is 0 Å². The minimum Gasteiger partial charge on any atom is -0.478 e. The zero-order chi connectivity index (χ0) is 14.9. The van der Waals surface area contributed by atoms with Crippen molar-refractivity contribution in [2.45, 2.75) is 6.92 Å². The van der Waals surface area contributed by atoms with Crippen molar-refractivity contribution in [1.29, 1.82) is 0 Å². The number of benzene rings is 1. The van der Waals surface area contributed by atoms with Crippen molar-refractivity contribution in [3.63, 3.8) is 0 Å². The predicted octanol–water partition coefficient (Wildman–Crippen LogP) is 3.76. The molecule has 0 aliphatic heterocycles. The second-order valence-electron chi connectivity index (χ2n) is 4.07. The van der Waals surface area contributed by atoms with Crippen molar-refractivity contribution in [3.05, 3.63) is 52.2 Å². The molecule has 0 amide bonds. The highest BCUT2D eigenvalue weighted by Crippen LogP contribution is 2.25. The first-order valence-electron chi connectivity index (χ1n) is 5.51. The fourth-order valence-corrected chi connectivity index (χ4v) is 1.71. The first-order chi connectivity index (χ1) is 9.38. The van der Waals surface area contributed by atoms with Gasteiger partial charge in [-0.3, -0.25) is 0 Å². The second-order valence-corrected chi connectivity index (χ2v) is 4.43. The van der Waals surface area contributed by atoms with Crippen LogP contribution in [-0.4, -0.2) is 16.1 Å². The molecule has 7 heteroatoms. The van der Waals surface area contributed by atoms with Gasteiger partial charge in [-0.05, 0) is 30.7 Å². The molecular formula is C13H9ClF2N2O2. The Morgan fingerprint density at radius 1 is 1.30 bits per heavy atom. The van der Waals surface area contributed by atoms with E-state index in [-0.39, 0.29) is 11.5 Å². The number of aryl methyl sites for hydroxylation is 1. The number of aromatic nitrogens is 1. The molecule has 0 saturated carbocycles. The maximum atomic E-state index is 13.7. The summed E-state index contributed by atoms with van der Waals surface area (Å²) in [4.78, 5) is 14.6. The summed E-state index contributed by atoms with van der Waals surface area (Å²) in [5, 5.41) is 11.0. The van der Waals surface area contributed by atoms with E-state index in [2.05, 4.69) is 10.3 Å². The molecular weight excluding hydrogens is 290 g/mol. The smallest absolute Gasteiger partial charge is 0.339 e. The van der Waals surface area contributed by atoms with Crippen molar-refractivity contribution in [2.75, 3.05) is 5.32 Å². The molecule has 1 aromatic carbocycles. The topological polar surface area (TPSA) is 62.2 Å². The molecule has 2 rings (SSSR count). The Morgan fingerprint density at radius 3 is 2.60 bits per heavy atom. The molecule has 0 radical (unpaired) electrons. The van der Waals surface area contributed by atoms with Gasteiger partial charge in [-0.15, -0.1) is 0 Å². The summed E-state index contributed by atoms with van der Waals surface area (Å²) in [6, 6.07) is 5.06. The number of hydrogen-bond acceptors (Lipinski definition) is 3. The average molecular weight is 299 g/mol. The third kappa shape index (κ3) is 2.85. The molecule has 0 spiro atoms. The van der Waals surface area contributed by atoms with Gasteiger partial charge in [0.1, 0.15) is 17.2 Å². The Hall–Kier alpha value is -2.21. The number of carboxylic acids is 1. The molecule has 0 aliphatic rings. The molecule has 0 unspecified atom stereocenters. The van der Waals surface area contributed by atoms with Gasteiger partial charge < -0.3 is 10.4 Å². The van der Waals surface area contributed by atoms with Gasteiger partial charge in [0, 0.05) is 0 Å². The van der Waals surface area contributed by atoms with Crippen LogP contribution in [-0.2, 0) is 0 Å². The number of pyridine rings is 1. The minimum absolute atomic E-state index is 0.0216. The zero-order valence-corrected chi connectivity index (χ0v) is 11.0. The van der Waals surface area contributed by atoms with E-state index in [1.54, 1.807) is 13.0 Å². The average Bonchev–Trinajstić information content (AvgIpc) is 2.36. The van der Waals surface area contributed by atoms with Crippen LogP contribution < -0.4 is 5.32 Å². The van der Waals surface area contributed by atoms with Crippen molar-refractivity contribution >= 4 is 29.1 Å². The van der Waals surface area contributed by atoms with Crippen LogP contribution in [0.3, 0.4) is 0 Å². The highest BCUT2D eigenvalue weighted by Gasteiger charge is 2.17. The Labute approximate surface area is 118 Å². The fraction of sp³-hybridized carbons (Fsp3) is 0.0769. The molecule has 4 nitrogen and oxygen atoms in total. The van der Waals surface area contributed by atoms with E-state index >= 15 is 0 Å². The van der Waals surface area contributed by atoms with Crippen molar-refractivity contribution < 1.29 is 18.7 Å². The Kier molecular flexibility index (Phi) is 3.85. The van der Waals surface area contributed by atoms with Crippen LogP contribution in [0.4, 0.5) is 20.3 Å². The fourth-order valence-electron chi connectivity index (χ4n) is 1.57. The van der Waals surface area contributed by atoms with E-state index in [0.717, 1.165) is 6.07 Å². The van der Waals surface area contributed by atoms with Gasteiger partial charge in [0.25, 0.3) is 0 Å². The number of carbonyl (C=O) groups is 1. The summed E-state index contributed by atoms with van der Waals surface area (Å²) in [6.07, 6.45) is 0. The molecule has 0 bridgehead atoms. The molecule has 2 aromatic rings. The van der Waals surface area contributed by atoms with Crippen LogP contribution in [0.25, 0.3) is 0 Å². The van der Waals surface area contributed by atoms with Gasteiger partial charge in [0.2, 0.25) is 0 Å². The molecule has 2 N–H and O–H groups in total. The molecule has 0 atom stereocenters. The third-order valence-corrected chi connectivity index (χ3v) is 2.81. The van der Waals surface area contributed by atoms with Crippen LogP contribution in [0.1, 0.15) is 15.9 Å². The van der Waals surface area contributed by atoms with Crippen molar-refractivity contribution in [1.82, 2.24) is 4.98 Å². The number of hydrogen-bond donors (Lipinski definition) is 2. The molecule has 0 saturated heterocycles. The van der Waals surface area contributed by atoms with Gasteiger partial charge in [0.05, 0.1) is 5.69 Å². The van der Waals surface area contributed by atoms with Crippen molar-refractivity contribution in [3.8, 4) is 0 Å². The van der Waals surface area contributed by atoms with Gasteiger partial charge in [0.15, 0.2) is 11.0 Å². The number of rotatable bonds is 3. The summed E-state index contributed by atoms with van der Waals surface area (Å²) in [5.74, 6) is -3.17. The first-order valence-corrected chi connectivity index (χ1v) is 5.89. The lowest BCUT2D eigenvalue weighted by Crippen LogP contribution is -2.07. The van der Waals surface area contributed by atoms with Crippen molar-refractivity contribution in [2.24, 2.45) is 0 Å². The SMILES string of the molecule is Cc1ccc(Nc2nc(Cl)c(F)cc2C(=O)O)c(F)c1. The Bertz CT molecular complexity index is 692.